The van der Waals surface area contributed by atoms with E-state index in [9.17, 15) is 0 Å². The van der Waals surface area contributed by atoms with Gasteiger partial charge in [-0.05, 0) is 30.7 Å². The number of fused-ring (bicyclic) bond motifs is 1. The summed E-state index contributed by atoms with van der Waals surface area (Å²) in [6.07, 6.45) is 3.61. The third kappa shape index (κ3) is 1.50. The number of rotatable bonds is 2. The molecular weight excluding hydrogens is 194 g/mol. The molecule has 0 bridgehead atoms. The molecule has 0 aliphatic carbocycles. The minimum Gasteiger partial charge on any atom is -0.355 e. The quantitative estimate of drug-likeness (QED) is 0.774. The molecule has 1 heteroatoms. The van der Waals surface area contributed by atoms with Crippen molar-refractivity contribution in [2.75, 3.05) is 5.32 Å². The van der Waals surface area contributed by atoms with Crippen LogP contribution in [-0.4, -0.2) is 0 Å². The Morgan fingerprint density at radius 2 is 1.94 bits per heavy atom. The van der Waals surface area contributed by atoms with E-state index in [0.29, 0.717) is 0 Å². The van der Waals surface area contributed by atoms with Crippen molar-refractivity contribution in [1.29, 1.82) is 0 Å². The van der Waals surface area contributed by atoms with Crippen LogP contribution in [0, 0.1) is 6.92 Å². The van der Waals surface area contributed by atoms with Gasteiger partial charge in [0.25, 0.3) is 0 Å². The summed E-state index contributed by atoms with van der Waals surface area (Å²) >= 11 is 0. The van der Waals surface area contributed by atoms with Gasteiger partial charge in [0.1, 0.15) is 0 Å². The molecule has 0 fully saturated rings. The van der Waals surface area contributed by atoms with E-state index in [2.05, 4.69) is 50.2 Å². The Bertz CT molecular complexity index is 518. The van der Waals surface area contributed by atoms with Crippen molar-refractivity contribution in [3.8, 4) is 0 Å². The minimum absolute atomic E-state index is 0.969. The van der Waals surface area contributed by atoms with Gasteiger partial charge in [-0.2, -0.15) is 0 Å². The molecule has 0 saturated heterocycles. The smallest absolute Gasteiger partial charge is 0.0464 e. The van der Waals surface area contributed by atoms with Crippen molar-refractivity contribution in [2.45, 2.75) is 6.92 Å². The summed E-state index contributed by atoms with van der Waals surface area (Å²) in [4.78, 5) is 0. The van der Waals surface area contributed by atoms with Crippen LogP contribution in [0.5, 0.6) is 0 Å². The second-order valence-corrected chi connectivity index (χ2v) is 3.89. The van der Waals surface area contributed by atoms with Gasteiger partial charge < -0.3 is 5.32 Å². The fourth-order valence-electron chi connectivity index (χ4n) is 1.93. The molecule has 1 aromatic rings. The Morgan fingerprint density at radius 1 is 1.19 bits per heavy atom. The summed E-state index contributed by atoms with van der Waals surface area (Å²) in [6, 6.07) is 6.28. The van der Waals surface area contributed by atoms with E-state index in [4.69, 9.17) is 0 Å². The zero-order chi connectivity index (χ0) is 11.7. The van der Waals surface area contributed by atoms with E-state index in [0.717, 1.165) is 28.1 Å². The Balaban J connectivity index is 2.62. The van der Waals surface area contributed by atoms with Gasteiger partial charge in [-0.3, -0.25) is 0 Å². The molecule has 0 saturated carbocycles. The largest absolute Gasteiger partial charge is 0.355 e. The van der Waals surface area contributed by atoms with Crippen LogP contribution in [0.2, 0.25) is 0 Å². The number of aryl methyl sites for hydroxylation is 1. The lowest BCUT2D eigenvalue weighted by atomic mass is 9.91. The lowest BCUT2D eigenvalue weighted by Gasteiger charge is -2.23. The zero-order valence-electron chi connectivity index (χ0n) is 9.51. The minimum atomic E-state index is 0.969. The third-order valence-electron chi connectivity index (χ3n) is 2.79. The first-order valence-electron chi connectivity index (χ1n) is 5.24. The molecule has 80 valence electrons. The molecule has 1 aromatic carbocycles. The van der Waals surface area contributed by atoms with Gasteiger partial charge in [0.2, 0.25) is 0 Å². The molecule has 0 amide bonds. The highest BCUT2D eigenvalue weighted by Crippen LogP contribution is 2.36. The lowest BCUT2D eigenvalue weighted by Crippen LogP contribution is -2.09. The summed E-state index contributed by atoms with van der Waals surface area (Å²) in [5, 5.41) is 3.33. The van der Waals surface area contributed by atoms with Crippen LogP contribution < -0.4 is 5.32 Å². The molecule has 0 unspecified atom stereocenters. The number of benzene rings is 1. The maximum atomic E-state index is 4.13. The standard InChI is InChI=1S/C15H15N/c1-5-12-11(4)13-9-10(3)7-8-15(13)16-14(12)6-2/h5-9,16H,1-2,4H2,3H3. The highest BCUT2D eigenvalue weighted by Gasteiger charge is 2.17. The third-order valence-corrected chi connectivity index (χ3v) is 2.79. The van der Waals surface area contributed by atoms with Crippen molar-refractivity contribution < 1.29 is 0 Å². The summed E-state index contributed by atoms with van der Waals surface area (Å²) in [5.74, 6) is 0. The topological polar surface area (TPSA) is 12.0 Å². The first-order valence-corrected chi connectivity index (χ1v) is 5.24. The first-order chi connectivity index (χ1) is 7.67. The SMILES string of the molecule is C=CC1=C(C=C)C(=C)c2cc(C)ccc2N1. The Hall–Kier alpha value is -2.02. The fraction of sp³-hybridized carbons (Fsp3) is 0.0667. The molecular formula is C15H15N. The second kappa shape index (κ2) is 3.86. The molecule has 1 aliphatic rings. The van der Waals surface area contributed by atoms with E-state index in [1.54, 1.807) is 6.08 Å². The van der Waals surface area contributed by atoms with Gasteiger partial charge in [-0.15, -0.1) is 0 Å². The van der Waals surface area contributed by atoms with Gasteiger partial charge >= 0.3 is 0 Å². The van der Waals surface area contributed by atoms with E-state index >= 15 is 0 Å². The highest BCUT2D eigenvalue weighted by atomic mass is 14.9. The Morgan fingerprint density at radius 3 is 2.56 bits per heavy atom. The molecule has 0 radical (unpaired) electrons. The van der Waals surface area contributed by atoms with E-state index in [1.807, 2.05) is 6.08 Å². The first kappa shape index (κ1) is 10.5. The van der Waals surface area contributed by atoms with Crippen molar-refractivity contribution in [3.63, 3.8) is 0 Å². The summed E-state index contributed by atoms with van der Waals surface area (Å²) in [7, 11) is 0. The summed E-state index contributed by atoms with van der Waals surface area (Å²) < 4.78 is 0. The molecule has 0 aromatic heterocycles. The predicted octanol–water partition coefficient (Wildman–Crippen LogP) is 4.06. The maximum absolute atomic E-state index is 4.13. The van der Waals surface area contributed by atoms with Gasteiger partial charge in [0.05, 0.1) is 0 Å². The van der Waals surface area contributed by atoms with E-state index < -0.39 is 0 Å². The second-order valence-electron chi connectivity index (χ2n) is 3.89. The van der Waals surface area contributed by atoms with E-state index in [-0.39, 0.29) is 0 Å². The van der Waals surface area contributed by atoms with Crippen LogP contribution in [0.4, 0.5) is 5.69 Å². The predicted molar refractivity (Wildman–Crippen MR) is 71.3 cm³/mol. The van der Waals surface area contributed by atoms with Crippen molar-refractivity contribution in [3.05, 3.63) is 72.5 Å². The number of anilines is 1. The Labute approximate surface area is 96.5 Å². The normalized spacial score (nSPS) is 14.2. The number of nitrogens with one attached hydrogen (secondary N) is 1. The average molecular weight is 209 g/mol. The van der Waals surface area contributed by atoms with Gasteiger partial charge in [-0.1, -0.05) is 37.4 Å². The molecule has 1 nitrogen and oxygen atoms in total. The Kier molecular flexibility index (Phi) is 2.53. The lowest BCUT2D eigenvalue weighted by molar-refractivity contribution is 1.35. The van der Waals surface area contributed by atoms with E-state index in [1.165, 1.54) is 5.56 Å². The monoisotopic (exact) mass is 209 g/mol. The van der Waals surface area contributed by atoms with Crippen molar-refractivity contribution in [1.82, 2.24) is 0 Å². The number of hydrogen-bond acceptors (Lipinski definition) is 1. The van der Waals surface area contributed by atoms with Crippen LogP contribution in [0.15, 0.2) is 61.4 Å². The summed E-state index contributed by atoms with van der Waals surface area (Å²) in [5.41, 5.74) is 6.44. The molecule has 16 heavy (non-hydrogen) atoms. The van der Waals surface area contributed by atoms with Crippen LogP contribution in [0.3, 0.4) is 0 Å². The van der Waals surface area contributed by atoms with Crippen LogP contribution >= 0.6 is 0 Å². The molecule has 0 spiro atoms. The maximum Gasteiger partial charge on any atom is 0.0464 e. The van der Waals surface area contributed by atoms with Crippen molar-refractivity contribution >= 4 is 11.3 Å². The van der Waals surface area contributed by atoms with Crippen LogP contribution in [0.1, 0.15) is 11.1 Å². The van der Waals surface area contributed by atoms with Gasteiger partial charge in [0, 0.05) is 22.5 Å². The number of allylic oxidation sites excluding steroid dienone is 4. The number of hydrogen-bond donors (Lipinski definition) is 1. The average Bonchev–Trinajstić information content (AvgIpc) is 2.29. The zero-order valence-corrected chi connectivity index (χ0v) is 9.51. The summed E-state index contributed by atoms with van der Waals surface area (Å²) in [6.45, 7) is 13.8. The van der Waals surface area contributed by atoms with Gasteiger partial charge in [-0.25, -0.2) is 0 Å². The molecule has 0 atom stereocenters. The molecule has 1 heterocycles. The molecule has 1 N–H and O–H groups in total. The molecule has 2 rings (SSSR count). The highest BCUT2D eigenvalue weighted by molar-refractivity contribution is 5.92. The van der Waals surface area contributed by atoms with Gasteiger partial charge in [0.15, 0.2) is 0 Å². The van der Waals surface area contributed by atoms with Crippen LogP contribution in [-0.2, 0) is 0 Å². The molecule has 1 aliphatic heterocycles. The van der Waals surface area contributed by atoms with Crippen LogP contribution in [0.25, 0.3) is 5.57 Å². The fourth-order valence-corrected chi connectivity index (χ4v) is 1.93. The van der Waals surface area contributed by atoms with Crippen molar-refractivity contribution in [2.24, 2.45) is 0 Å².